The van der Waals surface area contributed by atoms with Crippen LogP contribution in [-0.2, 0) is 11.2 Å². The zero-order valence-corrected chi connectivity index (χ0v) is 17.0. The summed E-state index contributed by atoms with van der Waals surface area (Å²) in [6, 6.07) is 12.0. The Labute approximate surface area is 175 Å². The number of carboxylic acids is 1. The van der Waals surface area contributed by atoms with Crippen LogP contribution in [0.25, 0.3) is 10.4 Å². The van der Waals surface area contributed by atoms with Crippen LogP contribution in [0.1, 0.15) is 15.9 Å². The van der Waals surface area contributed by atoms with Crippen molar-refractivity contribution < 1.29 is 19.4 Å². The maximum absolute atomic E-state index is 12.4. The number of nitrogens with one attached hydrogen (secondary N) is 1. The van der Waals surface area contributed by atoms with Crippen molar-refractivity contribution in [2.24, 2.45) is 0 Å². The lowest BCUT2D eigenvalue weighted by Crippen LogP contribution is -2.16. The van der Waals surface area contributed by atoms with E-state index in [-0.39, 0.29) is 23.6 Å². The van der Waals surface area contributed by atoms with E-state index in [2.05, 4.69) is 5.32 Å². The standard InChI is InChI=1S/C20H15Cl2NO4S/c1-27-13-4-2-3-11(7-13)8-17(24)23-16-10-28-19(18(16)20(25)26)12-5-6-14(21)15(22)9-12/h2-7,9-10H,8H2,1H3,(H,23,24)(H,25,26). The predicted octanol–water partition coefficient (Wildman–Crippen LogP) is 5.61. The number of hydrogen-bond donors (Lipinski definition) is 2. The van der Waals surface area contributed by atoms with E-state index < -0.39 is 5.97 Å². The number of thiophene rings is 1. The molecular weight excluding hydrogens is 421 g/mol. The molecule has 0 atom stereocenters. The average Bonchev–Trinajstić information content (AvgIpc) is 3.07. The molecule has 0 aliphatic carbocycles. The van der Waals surface area contributed by atoms with Crippen molar-refractivity contribution >= 4 is 52.1 Å². The van der Waals surface area contributed by atoms with Crippen LogP contribution < -0.4 is 10.1 Å². The molecule has 28 heavy (non-hydrogen) atoms. The van der Waals surface area contributed by atoms with Crippen molar-refractivity contribution in [2.75, 3.05) is 12.4 Å². The van der Waals surface area contributed by atoms with Gasteiger partial charge < -0.3 is 15.2 Å². The molecule has 5 nitrogen and oxygen atoms in total. The lowest BCUT2D eigenvalue weighted by molar-refractivity contribution is -0.115. The van der Waals surface area contributed by atoms with E-state index >= 15 is 0 Å². The highest BCUT2D eigenvalue weighted by molar-refractivity contribution is 7.14. The molecule has 0 saturated carbocycles. The Morgan fingerprint density at radius 1 is 1.14 bits per heavy atom. The second-order valence-electron chi connectivity index (χ2n) is 5.86. The number of amides is 1. The second kappa shape index (κ2) is 8.65. The van der Waals surface area contributed by atoms with Gasteiger partial charge in [-0.2, -0.15) is 0 Å². The summed E-state index contributed by atoms with van der Waals surface area (Å²) in [4.78, 5) is 24.7. The molecule has 0 aliphatic rings. The molecule has 8 heteroatoms. The van der Waals surface area contributed by atoms with Crippen LogP contribution in [0.4, 0.5) is 5.69 Å². The van der Waals surface area contributed by atoms with Gasteiger partial charge in [-0.3, -0.25) is 4.79 Å². The second-order valence-corrected chi connectivity index (χ2v) is 7.56. The summed E-state index contributed by atoms with van der Waals surface area (Å²) < 4.78 is 5.15. The first-order chi connectivity index (χ1) is 13.4. The lowest BCUT2D eigenvalue weighted by Gasteiger charge is -2.08. The molecule has 0 aliphatic heterocycles. The van der Waals surface area contributed by atoms with Gasteiger partial charge >= 0.3 is 5.97 Å². The van der Waals surface area contributed by atoms with Gasteiger partial charge in [-0.25, -0.2) is 4.79 Å². The van der Waals surface area contributed by atoms with E-state index in [0.29, 0.717) is 26.2 Å². The van der Waals surface area contributed by atoms with Gasteiger partial charge in [0.2, 0.25) is 5.91 Å². The van der Waals surface area contributed by atoms with Gasteiger partial charge in [-0.15, -0.1) is 11.3 Å². The van der Waals surface area contributed by atoms with Crippen LogP contribution in [0.3, 0.4) is 0 Å². The SMILES string of the molecule is COc1cccc(CC(=O)Nc2csc(-c3ccc(Cl)c(Cl)c3)c2C(=O)O)c1. The van der Waals surface area contributed by atoms with Gasteiger partial charge in [-0.05, 0) is 35.4 Å². The van der Waals surface area contributed by atoms with Gasteiger partial charge in [0.1, 0.15) is 11.3 Å². The summed E-state index contributed by atoms with van der Waals surface area (Å²) in [7, 11) is 1.55. The zero-order chi connectivity index (χ0) is 20.3. The van der Waals surface area contributed by atoms with Crippen LogP contribution in [0.2, 0.25) is 10.0 Å². The largest absolute Gasteiger partial charge is 0.497 e. The smallest absolute Gasteiger partial charge is 0.339 e. The van der Waals surface area contributed by atoms with Gasteiger partial charge in [0, 0.05) is 5.38 Å². The Hall–Kier alpha value is -2.54. The molecule has 0 saturated heterocycles. The summed E-state index contributed by atoms with van der Waals surface area (Å²) >= 11 is 13.2. The number of carbonyl (C=O) groups is 2. The first-order valence-corrected chi connectivity index (χ1v) is 9.75. The summed E-state index contributed by atoms with van der Waals surface area (Å²) in [5.41, 5.74) is 1.63. The molecule has 0 unspecified atom stereocenters. The minimum atomic E-state index is -1.14. The highest BCUT2D eigenvalue weighted by Crippen LogP contribution is 2.38. The van der Waals surface area contributed by atoms with Crippen molar-refractivity contribution in [3.8, 4) is 16.2 Å². The molecule has 0 bridgehead atoms. The highest BCUT2D eigenvalue weighted by atomic mass is 35.5. The zero-order valence-electron chi connectivity index (χ0n) is 14.7. The van der Waals surface area contributed by atoms with E-state index in [4.69, 9.17) is 27.9 Å². The molecule has 2 aromatic carbocycles. The molecule has 3 rings (SSSR count). The van der Waals surface area contributed by atoms with Crippen LogP contribution in [0, 0.1) is 0 Å². The number of carbonyl (C=O) groups excluding carboxylic acids is 1. The number of benzene rings is 2. The quantitative estimate of drug-likeness (QED) is 0.527. The fraction of sp³-hybridized carbons (Fsp3) is 0.100. The molecule has 1 aromatic heterocycles. The third-order valence-electron chi connectivity index (χ3n) is 3.96. The first kappa shape index (κ1) is 20.2. The maximum atomic E-state index is 12.4. The van der Waals surface area contributed by atoms with Crippen molar-refractivity contribution in [3.05, 3.63) is 69.0 Å². The van der Waals surface area contributed by atoms with Gasteiger partial charge in [-0.1, -0.05) is 41.4 Å². The Morgan fingerprint density at radius 2 is 1.93 bits per heavy atom. The third-order valence-corrected chi connectivity index (χ3v) is 5.73. The van der Waals surface area contributed by atoms with Crippen molar-refractivity contribution in [1.82, 2.24) is 0 Å². The van der Waals surface area contributed by atoms with Crippen LogP contribution in [0.5, 0.6) is 5.75 Å². The third kappa shape index (κ3) is 4.47. The maximum Gasteiger partial charge on any atom is 0.339 e. The Morgan fingerprint density at radius 3 is 2.61 bits per heavy atom. The van der Waals surface area contributed by atoms with Crippen LogP contribution in [0.15, 0.2) is 47.8 Å². The molecule has 144 valence electrons. The molecule has 1 heterocycles. The average molecular weight is 436 g/mol. The summed E-state index contributed by atoms with van der Waals surface area (Å²) in [5.74, 6) is -0.817. The Kier molecular flexibility index (Phi) is 6.24. The number of rotatable bonds is 6. The Bertz CT molecular complexity index is 1050. The predicted molar refractivity (Wildman–Crippen MR) is 112 cm³/mol. The monoisotopic (exact) mass is 435 g/mol. The molecule has 0 radical (unpaired) electrons. The number of halogens is 2. The van der Waals surface area contributed by atoms with E-state index in [1.54, 1.807) is 55.0 Å². The van der Waals surface area contributed by atoms with Crippen molar-refractivity contribution in [1.29, 1.82) is 0 Å². The van der Waals surface area contributed by atoms with Crippen molar-refractivity contribution in [2.45, 2.75) is 6.42 Å². The normalized spacial score (nSPS) is 10.5. The minimum Gasteiger partial charge on any atom is -0.497 e. The lowest BCUT2D eigenvalue weighted by atomic mass is 10.1. The van der Waals surface area contributed by atoms with Gasteiger partial charge in [0.25, 0.3) is 0 Å². The molecule has 3 aromatic rings. The van der Waals surface area contributed by atoms with E-state index in [9.17, 15) is 14.7 Å². The number of aromatic carboxylic acids is 1. The summed E-state index contributed by atoms with van der Waals surface area (Å²) in [6.07, 6.45) is 0.0915. The number of ether oxygens (including phenoxy) is 1. The number of carboxylic acid groups (broad SMARTS) is 1. The topological polar surface area (TPSA) is 75.6 Å². The van der Waals surface area contributed by atoms with Crippen molar-refractivity contribution in [3.63, 3.8) is 0 Å². The molecule has 0 fully saturated rings. The van der Waals surface area contributed by atoms with Crippen LogP contribution in [-0.4, -0.2) is 24.1 Å². The fourth-order valence-corrected chi connectivity index (χ4v) is 3.96. The molecular formula is C20H15Cl2NO4S. The van der Waals surface area contributed by atoms with E-state index in [0.717, 1.165) is 5.56 Å². The highest BCUT2D eigenvalue weighted by Gasteiger charge is 2.21. The number of anilines is 1. The molecule has 1 amide bonds. The summed E-state index contributed by atoms with van der Waals surface area (Å²) in [5, 5.41) is 14.7. The molecule has 2 N–H and O–H groups in total. The van der Waals surface area contributed by atoms with E-state index in [1.807, 2.05) is 0 Å². The van der Waals surface area contributed by atoms with Crippen LogP contribution >= 0.6 is 34.5 Å². The Balaban J connectivity index is 1.86. The number of methoxy groups -OCH3 is 1. The minimum absolute atomic E-state index is 0.0161. The first-order valence-electron chi connectivity index (χ1n) is 8.12. The summed E-state index contributed by atoms with van der Waals surface area (Å²) in [6.45, 7) is 0. The van der Waals surface area contributed by atoms with Gasteiger partial charge in [0.05, 0.1) is 34.1 Å². The van der Waals surface area contributed by atoms with E-state index in [1.165, 1.54) is 11.3 Å². The fourth-order valence-electron chi connectivity index (χ4n) is 2.67. The van der Waals surface area contributed by atoms with Gasteiger partial charge in [0.15, 0.2) is 0 Å². The number of hydrogen-bond acceptors (Lipinski definition) is 4. The molecule has 0 spiro atoms.